The number of rotatable bonds is 7. The summed E-state index contributed by atoms with van der Waals surface area (Å²) in [5.41, 5.74) is 13.3. The Bertz CT molecular complexity index is 844. The van der Waals surface area contributed by atoms with Crippen LogP contribution in [0.15, 0.2) is 36.4 Å². The maximum absolute atomic E-state index is 5.71. The summed E-state index contributed by atoms with van der Waals surface area (Å²) < 4.78 is 5.71. The first-order valence-electron chi connectivity index (χ1n) is 9.18. The van der Waals surface area contributed by atoms with Crippen molar-refractivity contribution in [1.82, 2.24) is 4.98 Å². The van der Waals surface area contributed by atoms with Gasteiger partial charge in [-0.1, -0.05) is 17.2 Å². The highest BCUT2D eigenvalue weighted by Gasteiger charge is 2.14. The minimum atomic E-state index is 0.683. The van der Waals surface area contributed by atoms with Gasteiger partial charge in [0.1, 0.15) is 5.75 Å². The molecular formula is C22H28N2O. The van der Waals surface area contributed by atoms with Crippen LogP contribution in [0.3, 0.4) is 0 Å². The third-order valence-electron chi connectivity index (χ3n) is 4.58. The number of H-pyrrole nitrogens is 1. The molecule has 3 aromatic rings. The second-order valence-electron chi connectivity index (χ2n) is 6.74. The molecule has 132 valence electrons. The number of ether oxygens (including phenoxy) is 1. The van der Waals surface area contributed by atoms with Crippen LogP contribution < -0.4 is 10.5 Å². The first-order chi connectivity index (χ1) is 12.1. The van der Waals surface area contributed by atoms with Crippen molar-refractivity contribution in [2.24, 2.45) is 5.73 Å². The van der Waals surface area contributed by atoms with Gasteiger partial charge in [-0.15, -0.1) is 0 Å². The largest absolute Gasteiger partial charge is 0.494 e. The molecule has 0 saturated carbocycles. The number of nitrogens with one attached hydrogen (secondary N) is 1. The van der Waals surface area contributed by atoms with E-state index in [0.29, 0.717) is 6.61 Å². The Kier molecular flexibility index (Phi) is 5.44. The highest BCUT2D eigenvalue weighted by molar-refractivity contribution is 5.92. The quantitative estimate of drug-likeness (QED) is 0.588. The van der Waals surface area contributed by atoms with Crippen LogP contribution in [0.2, 0.25) is 0 Å². The van der Waals surface area contributed by atoms with Crippen LogP contribution in [-0.4, -0.2) is 18.1 Å². The summed E-state index contributed by atoms with van der Waals surface area (Å²) in [6.07, 6.45) is 3.17. The van der Waals surface area contributed by atoms with Gasteiger partial charge < -0.3 is 15.5 Å². The molecule has 3 nitrogen and oxygen atoms in total. The van der Waals surface area contributed by atoms with Gasteiger partial charge in [0.25, 0.3) is 0 Å². The maximum atomic E-state index is 5.71. The van der Waals surface area contributed by atoms with Crippen molar-refractivity contribution in [3.05, 3.63) is 53.1 Å². The molecule has 1 heterocycles. The number of aryl methyl sites for hydroxylation is 3. The lowest BCUT2D eigenvalue weighted by atomic mass is 9.98. The van der Waals surface area contributed by atoms with Crippen molar-refractivity contribution < 1.29 is 4.74 Å². The third-order valence-corrected chi connectivity index (χ3v) is 4.58. The van der Waals surface area contributed by atoms with Gasteiger partial charge in [0, 0.05) is 16.6 Å². The number of hydrogen-bond donors (Lipinski definition) is 2. The number of benzene rings is 2. The lowest BCUT2D eigenvalue weighted by Crippen LogP contribution is -1.99. The van der Waals surface area contributed by atoms with E-state index in [4.69, 9.17) is 10.5 Å². The molecule has 2 aromatic carbocycles. The molecule has 0 aliphatic heterocycles. The molecule has 25 heavy (non-hydrogen) atoms. The van der Waals surface area contributed by atoms with Crippen molar-refractivity contribution in [2.75, 3.05) is 13.2 Å². The van der Waals surface area contributed by atoms with Crippen LogP contribution in [0.4, 0.5) is 0 Å². The maximum Gasteiger partial charge on any atom is 0.120 e. The predicted octanol–water partition coefficient (Wildman–Crippen LogP) is 5.13. The van der Waals surface area contributed by atoms with Crippen molar-refractivity contribution in [2.45, 2.75) is 40.0 Å². The van der Waals surface area contributed by atoms with E-state index in [2.05, 4.69) is 49.2 Å². The summed E-state index contributed by atoms with van der Waals surface area (Å²) in [7, 11) is 0. The Morgan fingerprint density at radius 1 is 1.00 bits per heavy atom. The van der Waals surface area contributed by atoms with Crippen LogP contribution >= 0.6 is 0 Å². The van der Waals surface area contributed by atoms with Gasteiger partial charge in [-0.05, 0) is 88.0 Å². The molecule has 0 aliphatic rings. The first-order valence-corrected chi connectivity index (χ1v) is 9.18. The van der Waals surface area contributed by atoms with E-state index in [-0.39, 0.29) is 0 Å². The number of hydrogen-bond acceptors (Lipinski definition) is 2. The second kappa shape index (κ2) is 7.75. The minimum absolute atomic E-state index is 0.683. The van der Waals surface area contributed by atoms with E-state index < -0.39 is 0 Å². The first kappa shape index (κ1) is 17.6. The Morgan fingerprint density at radius 3 is 2.44 bits per heavy atom. The zero-order valence-corrected chi connectivity index (χ0v) is 15.5. The highest BCUT2D eigenvalue weighted by Crippen LogP contribution is 2.34. The molecule has 0 unspecified atom stereocenters. The smallest absolute Gasteiger partial charge is 0.120 e. The van der Waals surface area contributed by atoms with Gasteiger partial charge in [-0.25, -0.2) is 0 Å². The van der Waals surface area contributed by atoms with Gasteiger partial charge in [-0.2, -0.15) is 0 Å². The molecule has 3 rings (SSSR count). The summed E-state index contributed by atoms with van der Waals surface area (Å²) >= 11 is 0. The number of aromatic nitrogens is 1. The number of aromatic amines is 1. The Balaban J connectivity index is 2.13. The zero-order chi connectivity index (χ0) is 17.8. The Hall–Kier alpha value is -2.26. The average Bonchev–Trinajstić information content (AvgIpc) is 2.93. The van der Waals surface area contributed by atoms with E-state index in [1.54, 1.807) is 0 Å². The van der Waals surface area contributed by atoms with E-state index in [1.807, 2.05) is 13.0 Å². The van der Waals surface area contributed by atoms with Crippen LogP contribution in [-0.2, 0) is 6.42 Å². The number of nitrogens with two attached hydrogens (primary N) is 1. The molecule has 0 amide bonds. The lowest BCUT2D eigenvalue weighted by Gasteiger charge is -2.08. The van der Waals surface area contributed by atoms with Crippen molar-refractivity contribution in [3.63, 3.8) is 0 Å². The summed E-state index contributed by atoms with van der Waals surface area (Å²) in [5.74, 6) is 0.932. The van der Waals surface area contributed by atoms with Crippen LogP contribution in [0.1, 0.15) is 36.5 Å². The molecule has 0 spiro atoms. The van der Waals surface area contributed by atoms with Crippen LogP contribution in [0.5, 0.6) is 5.75 Å². The molecule has 0 saturated heterocycles. The molecule has 1 aromatic heterocycles. The summed E-state index contributed by atoms with van der Waals surface area (Å²) in [6, 6.07) is 13.1. The Morgan fingerprint density at radius 2 is 1.76 bits per heavy atom. The van der Waals surface area contributed by atoms with E-state index in [9.17, 15) is 0 Å². The van der Waals surface area contributed by atoms with Crippen molar-refractivity contribution in [1.29, 1.82) is 0 Å². The third kappa shape index (κ3) is 3.88. The van der Waals surface area contributed by atoms with Gasteiger partial charge >= 0.3 is 0 Å². The van der Waals surface area contributed by atoms with Gasteiger partial charge in [0.05, 0.1) is 6.61 Å². The fourth-order valence-corrected chi connectivity index (χ4v) is 3.55. The molecular weight excluding hydrogens is 308 g/mol. The lowest BCUT2D eigenvalue weighted by molar-refractivity contribution is 0.340. The molecule has 0 atom stereocenters. The number of fused-ring (bicyclic) bond motifs is 1. The fourth-order valence-electron chi connectivity index (χ4n) is 3.55. The summed E-state index contributed by atoms with van der Waals surface area (Å²) in [6.45, 7) is 7.75. The second-order valence-corrected chi connectivity index (χ2v) is 6.74. The van der Waals surface area contributed by atoms with Crippen molar-refractivity contribution >= 4 is 10.9 Å². The molecule has 3 heteroatoms. The standard InChI is InChI=1S/C22H28N2O/c1-4-25-18-8-9-21-20(14-18)19(7-5-6-10-23)22(24-21)17-12-15(2)11-16(3)13-17/h8-9,11-14,24H,4-7,10,23H2,1-3H3. The monoisotopic (exact) mass is 336 g/mol. The summed E-state index contributed by atoms with van der Waals surface area (Å²) in [4.78, 5) is 3.64. The van der Waals surface area contributed by atoms with Gasteiger partial charge in [-0.3, -0.25) is 0 Å². The predicted molar refractivity (Wildman–Crippen MR) is 106 cm³/mol. The molecule has 0 fully saturated rings. The Labute approximate surface area is 150 Å². The van der Waals surface area contributed by atoms with E-state index >= 15 is 0 Å². The minimum Gasteiger partial charge on any atom is -0.494 e. The van der Waals surface area contributed by atoms with E-state index in [0.717, 1.165) is 31.6 Å². The normalized spacial score (nSPS) is 11.2. The number of unbranched alkanes of at least 4 members (excludes halogenated alkanes) is 1. The highest BCUT2D eigenvalue weighted by atomic mass is 16.5. The van der Waals surface area contributed by atoms with Gasteiger partial charge in [0.15, 0.2) is 0 Å². The molecule has 3 N–H and O–H groups in total. The molecule has 0 aliphatic carbocycles. The van der Waals surface area contributed by atoms with Crippen LogP contribution in [0, 0.1) is 13.8 Å². The van der Waals surface area contributed by atoms with Crippen LogP contribution in [0.25, 0.3) is 22.2 Å². The molecule has 0 bridgehead atoms. The van der Waals surface area contributed by atoms with Crippen molar-refractivity contribution in [3.8, 4) is 17.0 Å². The van der Waals surface area contributed by atoms with E-state index in [1.165, 1.54) is 38.9 Å². The SMILES string of the molecule is CCOc1ccc2[nH]c(-c3cc(C)cc(C)c3)c(CCCCN)c2c1. The zero-order valence-electron chi connectivity index (χ0n) is 15.5. The average molecular weight is 336 g/mol. The summed E-state index contributed by atoms with van der Waals surface area (Å²) in [5, 5.41) is 1.26. The fraction of sp³-hybridized carbons (Fsp3) is 0.364. The topological polar surface area (TPSA) is 51.0 Å². The molecule has 0 radical (unpaired) electrons. The van der Waals surface area contributed by atoms with Gasteiger partial charge in [0.2, 0.25) is 0 Å².